The van der Waals surface area contributed by atoms with Crippen LogP contribution >= 0.6 is 11.6 Å². The number of primary amides is 1. The molecule has 2 heterocycles. The first-order chi connectivity index (χ1) is 14.0. The molecule has 2 aromatic carbocycles. The summed E-state index contributed by atoms with van der Waals surface area (Å²) in [5.74, 6) is -1.59. The van der Waals surface area contributed by atoms with Crippen LogP contribution in [0.5, 0.6) is 0 Å². The van der Waals surface area contributed by atoms with Crippen LogP contribution in [0.25, 0.3) is 17.2 Å². The molecule has 0 saturated carbocycles. The van der Waals surface area contributed by atoms with E-state index in [1.165, 1.54) is 16.8 Å². The van der Waals surface area contributed by atoms with Gasteiger partial charge in [-0.2, -0.15) is 4.98 Å². The van der Waals surface area contributed by atoms with Gasteiger partial charge in [-0.25, -0.2) is 4.68 Å². The summed E-state index contributed by atoms with van der Waals surface area (Å²) >= 11 is 5.88. The molecule has 29 heavy (non-hydrogen) atoms. The van der Waals surface area contributed by atoms with Gasteiger partial charge in [0.2, 0.25) is 5.82 Å². The summed E-state index contributed by atoms with van der Waals surface area (Å²) in [5, 5.41) is 14.8. The van der Waals surface area contributed by atoms with Crippen molar-refractivity contribution in [1.29, 1.82) is 0 Å². The molecular formula is C18H12ClN7O3. The molecule has 0 atom stereocenters. The van der Waals surface area contributed by atoms with E-state index in [1.807, 2.05) is 0 Å². The molecule has 0 unspecified atom stereocenters. The van der Waals surface area contributed by atoms with Gasteiger partial charge in [-0.15, -0.1) is 5.10 Å². The van der Waals surface area contributed by atoms with E-state index in [2.05, 4.69) is 25.8 Å². The number of rotatable bonds is 5. The van der Waals surface area contributed by atoms with E-state index in [0.29, 0.717) is 10.7 Å². The van der Waals surface area contributed by atoms with Crippen molar-refractivity contribution in [2.24, 2.45) is 5.73 Å². The molecule has 0 spiro atoms. The van der Waals surface area contributed by atoms with Crippen molar-refractivity contribution in [3.05, 3.63) is 71.2 Å². The minimum absolute atomic E-state index is 0.0820. The summed E-state index contributed by atoms with van der Waals surface area (Å²) in [4.78, 5) is 27.9. The average Bonchev–Trinajstić information content (AvgIpc) is 3.38. The van der Waals surface area contributed by atoms with Crippen LogP contribution in [0.4, 0.5) is 5.69 Å². The molecule has 0 aliphatic rings. The van der Waals surface area contributed by atoms with Crippen molar-refractivity contribution in [1.82, 2.24) is 25.1 Å². The van der Waals surface area contributed by atoms with Gasteiger partial charge in [0.1, 0.15) is 0 Å². The van der Waals surface area contributed by atoms with Crippen LogP contribution in [-0.2, 0) is 0 Å². The van der Waals surface area contributed by atoms with Gasteiger partial charge in [0.25, 0.3) is 5.91 Å². The van der Waals surface area contributed by atoms with Crippen molar-refractivity contribution < 1.29 is 14.1 Å². The maximum atomic E-state index is 12.4. The number of halogens is 1. The van der Waals surface area contributed by atoms with E-state index < -0.39 is 11.8 Å². The van der Waals surface area contributed by atoms with Crippen LogP contribution in [0.15, 0.2) is 59.3 Å². The molecule has 2 aromatic heterocycles. The lowest BCUT2D eigenvalue weighted by Crippen LogP contribution is -2.18. The zero-order valence-electron chi connectivity index (χ0n) is 14.6. The van der Waals surface area contributed by atoms with E-state index >= 15 is 0 Å². The molecule has 11 heteroatoms. The zero-order valence-corrected chi connectivity index (χ0v) is 15.4. The monoisotopic (exact) mass is 409 g/mol. The molecule has 0 bridgehead atoms. The summed E-state index contributed by atoms with van der Waals surface area (Å²) in [6, 6.07) is 13.3. The highest BCUT2D eigenvalue weighted by atomic mass is 35.5. The molecule has 0 aliphatic heterocycles. The van der Waals surface area contributed by atoms with E-state index in [9.17, 15) is 9.59 Å². The molecule has 4 rings (SSSR count). The maximum absolute atomic E-state index is 12.4. The summed E-state index contributed by atoms with van der Waals surface area (Å²) in [7, 11) is 0. The zero-order chi connectivity index (χ0) is 20.4. The second kappa shape index (κ2) is 7.52. The Hall–Kier alpha value is -4.05. The molecule has 0 saturated heterocycles. The summed E-state index contributed by atoms with van der Waals surface area (Å²) in [5.41, 5.74) is 6.73. The minimum Gasteiger partial charge on any atom is -0.366 e. The first kappa shape index (κ1) is 18.3. The van der Waals surface area contributed by atoms with Crippen LogP contribution in [0.2, 0.25) is 5.02 Å². The van der Waals surface area contributed by atoms with Gasteiger partial charge in [0.15, 0.2) is 5.69 Å². The van der Waals surface area contributed by atoms with Gasteiger partial charge in [-0.3, -0.25) is 9.59 Å². The van der Waals surface area contributed by atoms with Crippen molar-refractivity contribution in [2.75, 3.05) is 5.32 Å². The fourth-order valence-electron chi connectivity index (χ4n) is 2.49. The largest absolute Gasteiger partial charge is 0.366 e. The fourth-order valence-corrected chi connectivity index (χ4v) is 2.61. The summed E-state index contributed by atoms with van der Waals surface area (Å²) in [6.07, 6.45) is 1.58. The predicted octanol–water partition coefficient (Wildman–Crippen LogP) is 2.32. The van der Waals surface area contributed by atoms with Gasteiger partial charge in [-0.1, -0.05) is 34.1 Å². The van der Waals surface area contributed by atoms with E-state index in [0.717, 1.165) is 5.69 Å². The highest BCUT2D eigenvalue weighted by Gasteiger charge is 2.20. The Labute approximate surface area is 168 Å². The van der Waals surface area contributed by atoms with Crippen molar-refractivity contribution in [3.8, 4) is 17.2 Å². The quantitative estimate of drug-likeness (QED) is 0.515. The Balaban J connectivity index is 1.54. The summed E-state index contributed by atoms with van der Waals surface area (Å²) < 4.78 is 6.51. The third-order valence-corrected chi connectivity index (χ3v) is 4.13. The molecule has 2 amide bonds. The van der Waals surface area contributed by atoms with Gasteiger partial charge in [-0.05, 0) is 36.4 Å². The number of hydrogen-bond acceptors (Lipinski definition) is 7. The lowest BCUT2D eigenvalue weighted by molar-refractivity contribution is 0.0981. The lowest BCUT2D eigenvalue weighted by atomic mass is 10.1. The maximum Gasteiger partial charge on any atom is 0.316 e. The predicted molar refractivity (Wildman–Crippen MR) is 103 cm³/mol. The Morgan fingerprint density at radius 2 is 1.86 bits per heavy atom. The molecule has 3 N–H and O–H groups in total. The Morgan fingerprint density at radius 1 is 1.10 bits per heavy atom. The SMILES string of the molecule is NC(=O)c1ccccc1NC(=O)c1nc(-c2cn(-c3ccc(Cl)cc3)nn2)no1. The third-order valence-electron chi connectivity index (χ3n) is 3.87. The van der Waals surface area contributed by atoms with E-state index in [-0.39, 0.29) is 23.0 Å². The molecule has 4 aromatic rings. The number of para-hydroxylation sites is 1. The number of anilines is 1. The van der Waals surface area contributed by atoms with Crippen LogP contribution < -0.4 is 11.1 Å². The number of nitrogens with zero attached hydrogens (tertiary/aromatic N) is 5. The molecule has 0 fully saturated rings. The number of benzene rings is 2. The number of nitrogens with two attached hydrogens (primary N) is 1. The molecule has 0 aliphatic carbocycles. The van der Waals surface area contributed by atoms with Crippen LogP contribution in [-0.4, -0.2) is 36.9 Å². The standard InChI is InChI=1S/C18H12ClN7O3/c19-10-5-7-11(8-6-10)26-9-14(23-25-26)16-22-18(29-24-16)17(28)21-13-4-2-1-3-12(13)15(20)27/h1-9H,(H2,20,27)(H,21,28). The Bertz CT molecular complexity index is 1200. The number of nitrogens with one attached hydrogen (secondary N) is 1. The first-order valence-electron chi connectivity index (χ1n) is 8.24. The molecule has 144 valence electrons. The number of amides is 2. The highest BCUT2D eigenvalue weighted by molar-refractivity contribution is 6.30. The van der Waals surface area contributed by atoms with Crippen molar-refractivity contribution in [2.45, 2.75) is 0 Å². The van der Waals surface area contributed by atoms with Crippen LogP contribution in [0, 0.1) is 0 Å². The second-order valence-electron chi connectivity index (χ2n) is 5.81. The highest BCUT2D eigenvalue weighted by Crippen LogP contribution is 2.18. The lowest BCUT2D eigenvalue weighted by Gasteiger charge is -2.06. The molecule has 10 nitrogen and oxygen atoms in total. The normalized spacial score (nSPS) is 10.7. The first-order valence-corrected chi connectivity index (χ1v) is 8.61. The van der Waals surface area contributed by atoms with Crippen molar-refractivity contribution in [3.63, 3.8) is 0 Å². The van der Waals surface area contributed by atoms with Crippen LogP contribution in [0.3, 0.4) is 0 Å². The van der Waals surface area contributed by atoms with E-state index in [4.69, 9.17) is 21.9 Å². The van der Waals surface area contributed by atoms with Gasteiger partial charge >= 0.3 is 11.8 Å². The second-order valence-corrected chi connectivity index (χ2v) is 6.25. The average molecular weight is 410 g/mol. The Morgan fingerprint density at radius 3 is 2.62 bits per heavy atom. The molecular weight excluding hydrogens is 398 g/mol. The number of aromatic nitrogens is 5. The summed E-state index contributed by atoms with van der Waals surface area (Å²) in [6.45, 7) is 0. The fraction of sp³-hybridized carbons (Fsp3) is 0. The third kappa shape index (κ3) is 3.82. The van der Waals surface area contributed by atoms with Gasteiger partial charge < -0.3 is 15.6 Å². The minimum atomic E-state index is -0.692. The van der Waals surface area contributed by atoms with Crippen molar-refractivity contribution >= 4 is 29.1 Å². The topological polar surface area (TPSA) is 142 Å². The smallest absolute Gasteiger partial charge is 0.316 e. The number of carbonyl (C=O) groups is 2. The Kier molecular flexibility index (Phi) is 4.75. The number of carbonyl (C=O) groups excluding carboxylic acids is 2. The van der Waals surface area contributed by atoms with E-state index in [1.54, 1.807) is 42.6 Å². The van der Waals surface area contributed by atoms with Gasteiger partial charge in [0.05, 0.1) is 23.1 Å². The molecule has 0 radical (unpaired) electrons. The number of hydrogen-bond donors (Lipinski definition) is 2. The van der Waals surface area contributed by atoms with Crippen LogP contribution in [0.1, 0.15) is 21.0 Å². The van der Waals surface area contributed by atoms with Gasteiger partial charge in [0, 0.05) is 5.02 Å².